The number of hydrogen-bond donors (Lipinski definition) is 1. The van der Waals surface area contributed by atoms with Gasteiger partial charge in [0, 0.05) is 6.07 Å². The Morgan fingerprint density at radius 1 is 1.60 bits per heavy atom. The van der Waals surface area contributed by atoms with Crippen LogP contribution in [0.1, 0.15) is 5.56 Å². The lowest BCUT2D eigenvalue weighted by molar-refractivity contribution is -0.386. The molecule has 15 heavy (non-hydrogen) atoms. The predicted octanol–water partition coefficient (Wildman–Crippen LogP) is 2.67. The smallest absolute Gasteiger partial charge is 0.315 e. The van der Waals surface area contributed by atoms with E-state index < -0.39 is 10.7 Å². The minimum Gasteiger partial charge on any atom is -0.500 e. The molecule has 1 rings (SSSR count). The Morgan fingerprint density at radius 2 is 2.27 bits per heavy atom. The van der Waals surface area contributed by atoms with Gasteiger partial charge in [-0.3, -0.25) is 10.1 Å². The van der Waals surface area contributed by atoms with Crippen molar-refractivity contribution in [3.05, 3.63) is 32.8 Å². The minimum absolute atomic E-state index is 0.0739. The van der Waals surface area contributed by atoms with Gasteiger partial charge in [-0.05, 0) is 22.7 Å². The number of methoxy groups -OCH3 is 1. The summed E-state index contributed by atoms with van der Waals surface area (Å²) < 4.78 is 4.82. The van der Waals surface area contributed by atoms with E-state index in [2.05, 4.69) is 15.9 Å². The Morgan fingerprint density at radius 3 is 2.73 bits per heavy atom. The van der Waals surface area contributed by atoms with Gasteiger partial charge in [0.15, 0.2) is 5.75 Å². The van der Waals surface area contributed by atoms with Gasteiger partial charge in [-0.2, -0.15) is 0 Å². The molecule has 0 atom stereocenters. The highest BCUT2D eigenvalue weighted by Crippen LogP contribution is 2.37. The van der Waals surface area contributed by atoms with E-state index in [9.17, 15) is 15.2 Å². The first-order valence-corrected chi connectivity index (χ1v) is 4.84. The van der Waals surface area contributed by atoms with Gasteiger partial charge >= 0.3 is 5.69 Å². The first-order valence-electron chi connectivity index (χ1n) is 3.92. The van der Waals surface area contributed by atoms with Crippen LogP contribution < -0.4 is 4.74 Å². The highest BCUT2D eigenvalue weighted by Gasteiger charge is 2.18. The lowest BCUT2D eigenvalue weighted by Gasteiger charge is -2.04. The normalized spacial score (nSPS) is 10.5. The molecule has 1 aromatic carbocycles. The van der Waals surface area contributed by atoms with Crippen LogP contribution in [0.25, 0.3) is 6.08 Å². The summed E-state index contributed by atoms with van der Waals surface area (Å²) in [6.45, 7) is 0. The van der Waals surface area contributed by atoms with E-state index in [1.165, 1.54) is 19.2 Å². The van der Waals surface area contributed by atoms with Gasteiger partial charge in [0.1, 0.15) is 0 Å². The predicted molar refractivity (Wildman–Crippen MR) is 59.3 cm³/mol. The molecule has 6 heteroatoms. The van der Waals surface area contributed by atoms with E-state index in [-0.39, 0.29) is 11.4 Å². The molecule has 5 nitrogen and oxygen atoms in total. The molecule has 0 fully saturated rings. The van der Waals surface area contributed by atoms with Crippen LogP contribution in [0.3, 0.4) is 0 Å². The molecule has 0 heterocycles. The van der Waals surface area contributed by atoms with Crippen molar-refractivity contribution in [2.45, 2.75) is 0 Å². The number of phenols is 1. The summed E-state index contributed by atoms with van der Waals surface area (Å²) in [6, 6.07) is 2.76. The van der Waals surface area contributed by atoms with Crippen molar-refractivity contribution in [2.75, 3.05) is 7.11 Å². The number of halogens is 1. The van der Waals surface area contributed by atoms with Gasteiger partial charge in [0.05, 0.1) is 12.0 Å². The summed E-state index contributed by atoms with van der Waals surface area (Å²) in [7, 11) is 1.33. The molecule has 1 N–H and O–H groups in total. The summed E-state index contributed by atoms with van der Waals surface area (Å²) in [6.07, 6.45) is 1.61. The van der Waals surface area contributed by atoms with Crippen LogP contribution >= 0.6 is 15.9 Å². The first-order chi connectivity index (χ1) is 7.10. The fourth-order valence-electron chi connectivity index (χ4n) is 1.08. The van der Waals surface area contributed by atoms with Crippen molar-refractivity contribution >= 4 is 27.7 Å². The largest absolute Gasteiger partial charge is 0.500 e. The molecule has 0 radical (unpaired) electrons. The van der Waals surface area contributed by atoms with Crippen LogP contribution in [-0.4, -0.2) is 17.1 Å². The van der Waals surface area contributed by atoms with Gasteiger partial charge < -0.3 is 9.84 Å². The molecule has 0 aliphatic rings. The zero-order valence-corrected chi connectivity index (χ0v) is 9.39. The molecule has 0 saturated carbocycles. The highest BCUT2D eigenvalue weighted by molar-refractivity contribution is 9.11. The van der Waals surface area contributed by atoms with Crippen LogP contribution in [0.5, 0.6) is 11.5 Å². The number of phenolic OH excluding ortho intramolecular Hbond substituents is 1. The fraction of sp³-hybridized carbons (Fsp3) is 0.111. The molecule has 0 aromatic heterocycles. The summed E-state index contributed by atoms with van der Waals surface area (Å²) in [5, 5.41) is 20.0. The van der Waals surface area contributed by atoms with Crippen LogP contribution in [0.15, 0.2) is 17.1 Å². The average Bonchev–Trinajstić information content (AvgIpc) is 2.20. The number of rotatable bonds is 3. The third-order valence-corrected chi connectivity index (χ3v) is 2.01. The SMILES string of the molecule is COc1cc(/C=C/Br)cc([N+](=O)[O-])c1O. The van der Waals surface area contributed by atoms with E-state index in [1.807, 2.05) is 0 Å². The molecule has 0 aliphatic carbocycles. The summed E-state index contributed by atoms with van der Waals surface area (Å²) in [4.78, 5) is 11.5. The van der Waals surface area contributed by atoms with Crippen LogP contribution in [0, 0.1) is 10.1 Å². The topological polar surface area (TPSA) is 72.6 Å². The number of nitro groups is 1. The molecular formula is C9H8BrNO4. The second-order valence-corrected chi connectivity index (χ2v) is 3.17. The number of nitrogens with zero attached hydrogens (tertiary/aromatic N) is 1. The average molecular weight is 274 g/mol. The first kappa shape index (κ1) is 11.5. The Hall–Kier alpha value is -1.56. The maximum absolute atomic E-state index is 10.6. The number of hydrogen-bond acceptors (Lipinski definition) is 4. The maximum Gasteiger partial charge on any atom is 0.315 e. The highest BCUT2D eigenvalue weighted by atomic mass is 79.9. The summed E-state index contributed by atoms with van der Waals surface area (Å²) in [5.41, 5.74) is 0.183. The Labute approximate surface area is 94.3 Å². The van der Waals surface area contributed by atoms with Gasteiger partial charge in [0.2, 0.25) is 5.75 Å². The van der Waals surface area contributed by atoms with Gasteiger partial charge in [-0.1, -0.05) is 15.9 Å². The Bertz CT molecular complexity index is 417. The van der Waals surface area contributed by atoms with Crippen molar-refractivity contribution in [3.63, 3.8) is 0 Å². The zero-order valence-electron chi connectivity index (χ0n) is 7.81. The van der Waals surface area contributed by atoms with Gasteiger partial charge in [0.25, 0.3) is 0 Å². The van der Waals surface area contributed by atoms with E-state index in [1.54, 1.807) is 11.1 Å². The van der Waals surface area contributed by atoms with Crippen molar-refractivity contribution in [1.29, 1.82) is 0 Å². The molecular weight excluding hydrogens is 266 g/mol. The Kier molecular flexibility index (Phi) is 3.68. The van der Waals surface area contributed by atoms with Crippen molar-refractivity contribution in [3.8, 4) is 11.5 Å². The lowest BCUT2D eigenvalue weighted by atomic mass is 10.1. The molecule has 0 unspecified atom stereocenters. The maximum atomic E-state index is 10.6. The Balaban J connectivity index is 3.38. The summed E-state index contributed by atoms with van der Waals surface area (Å²) >= 11 is 3.06. The zero-order chi connectivity index (χ0) is 11.4. The van der Waals surface area contributed by atoms with Gasteiger partial charge in [-0.25, -0.2) is 0 Å². The van der Waals surface area contributed by atoms with Crippen LogP contribution in [0.4, 0.5) is 5.69 Å². The number of ether oxygens (including phenoxy) is 1. The molecule has 80 valence electrons. The van der Waals surface area contributed by atoms with Gasteiger partial charge in [-0.15, -0.1) is 0 Å². The number of nitro benzene ring substituents is 1. The minimum atomic E-state index is -0.663. The van der Waals surface area contributed by atoms with Crippen molar-refractivity contribution in [1.82, 2.24) is 0 Å². The van der Waals surface area contributed by atoms with E-state index in [0.717, 1.165) is 0 Å². The monoisotopic (exact) mass is 273 g/mol. The van der Waals surface area contributed by atoms with Crippen molar-refractivity contribution < 1.29 is 14.8 Å². The van der Waals surface area contributed by atoms with Crippen LogP contribution in [-0.2, 0) is 0 Å². The third-order valence-electron chi connectivity index (χ3n) is 1.75. The summed E-state index contributed by atoms with van der Waals surface area (Å²) in [5.74, 6) is -0.390. The molecule has 0 amide bonds. The quantitative estimate of drug-likeness (QED) is 0.679. The second kappa shape index (κ2) is 4.79. The molecule has 0 saturated heterocycles. The number of aromatic hydroxyl groups is 1. The van der Waals surface area contributed by atoms with E-state index >= 15 is 0 Å². The molecule has 0 bridgehead atoms. The van der Waals surface area contributed by atoms with Crippen LogP contribution in [0.2, 0.25) is 0 Å². The lowest BCUT2D eigenvalue weighted by Crippen LogP contribution is -1.92. The number of benzene rings is 1. The molecule has 1 aromatic rings. The third kappa shape index (κ3) is 2.47. The standard InChI is InChI=1S/C9H8BrNO4/c1-15-8-5-6(2-3-10)4-7(9(8)12)11(13)14/h2-5,12H,1H3/b3-2+. The van der Waals surface area contributed by atoms with E-state index in [0.29, 0.717) is 5.56 Å². The molecule has 0 spiro atoms. The second-order valence-electron chi connectivity index (χ2n) is 2.64. The van der Waals surface area contributed by atoms with E-state index in [4.69, 9.17) is 4.74 Å². The molecule has 0 aliphatic heterocycles. The fourth-order valence-corrected chi connectivity index (χ4v) is 1.38. The van der Waals surface area contributed by atoms with Crippen molar-refractivity contribution in [2.24, 2.45) is 0 Å².